The summed E-state index contributed by atoms with van der Waals surface area (Å²) >= 11 is 1.86. The zero-order valence-corrected chi connectivity index (χ0v) is 28.8. The van der Waals surface area contributed by atoms with E-state index in [1.807, 2.05) is 30.0 Å². The standard InChI is InChI=1S/C48H29N3S/c1-2-14-31(15-3-1)45-49-46(34-26-25-30-13-4-5-16-32(30)27-34)51-47(50-45)37-20-12-17-33-28-42-44(29-38(33)37)52-43-24-11-10-23-41(43)48(42)39-21-8-6-18-35(39)36-19-7-9-22-40(36)48/h1-29H. The summed E-state index contributed by atoms with van der Waals surface area (Å²) in [4.78, 5) is 17.9. The molecule has 8 aromatic carbocycles. The summed E-state index contributed by atoms with van der Waals surface area (Å²) in [5.74, 6) is 1.98. The molecule has 3 nitrogen and oxygen atoms in total. The Labute approximate surface area is 305 Å². The van der Waals surface area contributed by atoms with Crippen LogP contribution in [0, 0.1) is 0 Å². The topological polar surface area (TPSA) is 38.7 Å². The van der Waals surface area contributed by atoms with Gasteiger partial charge in [0.1, 0.15) is 0 Å². The van der Waals surface area contributed by atoms with Gasteiger partial charge >= 0.3 is 0 Å². The molecular weight excluding hydrogens is 651 g/mol. The molecule has 242 valence electrons. The molecule has 2 aliphatic rings. The van der Waals surface area contributed by atoms with Crippen LogP contribution < -0.4 is 0 Å². The van der Waals surface area contributed by atoms with Gasteiger partial charge in [-0.3, -0.25) is 0 Å². The highest BCUT2D eigenvalue weighted by Crippen LogP contribution is 2.62. The van der Waals surface area contributed by atoms with Crippen LogP contribution in [0.25, 0.3) is 66.8 Å². The second kappa shape index (κ2) is 11.3. The lowest BCUT2D eigenvalue weighted by molar-refractivity contribution is 0.724. The van der Waals surface area contributed by atoms with Crippen molar-refractivity contribution >= 4 is 33.3 Å². The summed E-state index contributed by atoms with van der Waals surface area (Å²) in [6.07, 6.45) is 0. The van der Waals surface area contributed by atoms with E-state index >= 15 is 0 Å². The van der Waals surface area contributed by atoms with Crippen molar-refractivity contribution in [2.75, 3.05) is 0 Å². The van der Waals surface area contributed by atoms with Crippen molar-refractivity contribution in [3.05, 3.63) is 198 Å². The lowest BCUT2D eigenvalue weighted by Gasteiger charge is -2.40. The molecule has 11 rings (SSSR count). The van der Waals surface area contributed by atoms with Gasteiger partial charge < -0.3 is 0 Å². The molecule has 0 N–H and O–H groups in total. The molecule has 0 amide bonds. The number of aromatic nitrogens is 3. The predicted molar refractivity (Wildman–Crippen MR) is 213 cm³/mol. The van der Waals surface area contributed by atoms with Crippen LogP contribution in [-0.2, 0) is 5.41 Å². The SMILES string of the molecule is c1ccc(-c2nc(-c3ccc4ccccc4c3)nc(-c3cccc4cc5c(cc34)Sc3ccccc3C53c4ccccc4-c4ccccc43)n2)cc1. The van der Waals surface area contributed by atoms with Crippen LogP contribution in [0.2, 0.25) is 0 Å². The van der Waals surface area contributed by atoms with Gasteiger partial charge in [0.25, 0.3) is 0 Å². The molecule has 52 heavy (non-hydrogen) atoms. The van der Waals surface area contributed by atoms with E-state index in [4.69, 9.17) is 15.0 Å². The summed E-state index contributed by atoms with van der Waals surface area (Å²) < 4.78 is 0. The Bertz CT molecular complexity index is 2850. The Morgan fingerprint density at radius 1 is 0.346 bits per heavy atom. The Hall–Kier alpha value is -6.36. The molecule has 0 atom stereocenters. The van der Waals surface area contributed by atoms with E-state index in [1.165, 1.54) is 48.6 Å². The van der Waals surface area contributed by atoms with Crippen molar-refractivity contribution in [3.63, 3.8) is 0 Å². The van der Waals surface area contributed by atoms with Crippen LogP contribution in [0.5, 0.6) is 0 Å². The summed E-state index contributed by atoms with van der Waals surface area (Å²) in [5.41, 5.74) is 10.4. The molecule has 0 saturated carbocycles. The normalized spacial score (nSPS) is 13.5. The fourth-order valence-corrected chi connectivity index (χ4v) is 9.71. The van der Waals surface area contributed by atoms with Gasteiger partial charge in [-0.1, -0.05) is 163 Å². The molecule has 9 aromatic rings. The highest BCUT2D eigenvalue weighted by atomic mass is 32.2. The van der Waals surface area contributed by atoms with Crippen molar-refractivity contribution in [2.45, 2.75) is 15.2 Å². The number of rotatable bonds is 3. The molecule has 2 heterocycles. The van der Waals surface area contributed by atoms with E-state index in [9.17, 15) is 0 Å². The van der Waals surface area contributed by atoms with Gasteiger partial charge in [-0.25, -0.2) is 15.0 Å². The van der Waals surface area contributed by atoms with Crippen LogP contribution in [0.1, 0.15) is 22.3 Å². The first-order valence-corrected chi connectivity index (χ1v) is 18.4. The zero-order chi connectivity index (χ0) is 34.2. The maximum Gasteiger partial charge on any atom is 0.164 e. The van der Waals surface area contributed by atoms with Crippen LogP contribution >= 0.6 is 11.8 Å². The smallest absolute Gasteiger partial charge is 0.164 e. The van der Waals surface area contributed by atoms with Crippen LogP contribution in [0.4, 0.5) is 0 Å². The molecule has 0 radical (unpaired) electrons. The van der Waals surface area contributed by atoms with Crippen LogP contribution in [-0.4, -0.2) is 15.0 Å². The molecule has 1 aromatic heterocycles. The third kappa shape index (κ3) is 4.25. The maximum absolute atomic E-state index is 5.21. The fraction of sp³-hybridized carbons (Fsp3) is 0.0208. The minimum absolute atomic E-state index is 0.425. The molecular formula is C48H29N3S. The Morgan fingerprint density at radius 2 is 0.942 bits per heavy atom. The predicted octanol–water partition coefficient (Wildman–Crippen LogP) is 12.0. The van der Waals surface area contributed by atoms with E-state index in [-0.39, 0.29) is 0 Å². The fourth-order valence-electron chi connectivity index (χ4n) is 8.49. The van der Waals surface area contributed by atoms with E-state index < -0.39 is 5.41 Å². The third-order valence-electron chi connectivity index (χ3n) is 10.8. The van der Waals surface area contributed by atoms with E-state index in [0.717, 1.165) is 32.8 Å². The van der Waals surface area contributed by atoms with E-state index in [0.29, 0.717) is 17.5 Å². The number of hydrogen-bond acceptors (Lipinski definition) is 4. The third-order valence-corrected chi connectivity index (χ3v) is 11.9. The zero-order valence-electron chi connectivity index (χ0n) is 28.0. The van der Waals surface area contributed by atoms with E-state index in [1.54, 1.807) is 0 Å². The molecule has 0 bridgehead atoms. The molecule has 4 heteroatoms. The summed E-state index contributed by atoms with van der Waals surface area (Å²) in [7, 11) is 0. The van der Waals surface area contributed by atoms with Gasteiger partial charge in [0.05, 0.1) is 5.41 Å². The molecule has 0 saturated heterocycles. The van der Waals surface area contributed by atoms with Crippen molar-refractivity contribution in [1.82, 2.24) is 15.0 Å². The van der Waals surface area contributed by atoms with Gasteiger partial charge in [0, 0.05) is 26.5 Å². The van der Waals surface area contributed by atoms with Crippen LogP contribution in [0.3, 0.4) is 0 Å². The number of fused-ring (bicyclic) bond motifs is 11. The Balaban J connectivity index is 1.16. The van der Waals surface area contributed by atoms with Crippen molar-refractivity contribution in [2.24, 2.45) is 0 Å². The molecule has 1 aliphatic carbocycles. The second-order valence-electron chi connectivity index (χ2n) is 13.5. The van der Waals surface area contributed by atoms with Gasteiger partial charge in [0.15, 0.2) is 17.5 Å². The Morgan fingerprint density at radius 3 is 1.73 bits per heavy atom. The summed E-state index contributed by atoms with van der Waals surface area (Å²) in [6, 6.07) is 63.3. The number of nitrogens with zero attached hydrogens (tertiary/aromatic N) is 3. The summed E-state index contributed by atoms with van der Waals surface area (Å²) in [6.45, 7) is 0. The van der Waals surface area contributed by atoms with Gasteiger partial charge in [-0.05, 0) is 79.2 Å². The second-order valence-corrected chi connectivity index (χ2v) is 14.6. The lowest BCUT2D eigenvalue weighted by atomic mass is 9.67. The van der Waals surface area contributed by atoms with Gasteiger partial charge in [0.2, 0.25) is 0 Å². The maximum atomic E-state index is 5.21. The number of benzene rings is 8. The Kier molecular flexibility index (Phi) is 6.40. The lowest BCUT2D eigenvalue weighted by Crippen LogP contribution is -2.31. The minimum atomic E-state index is -0.425. The summed E-state index contributed by atoms with van der Waals surface area (Å²) in [5, 5.41) is 4.62. The average molecular weight is 680 g/mol. The van der Waals surface area contributed by atoms with Gasteiger partial charge in [-0.2, -0.15) is 0 Å². The average Bonchev–Trinajstić information content (AvgIpc) is 3.51. The largest absolute Gasteiger partial charge is 0.208 e. The molecule has 0 fully saturated rings. The highest BCUT2D eigenvalue weighted by Gasteiger charge is 2.50. The van der Waals surface area contributed by atoms with Crippen LogP contribution in [0.15, 0.2) is 186 Å². The quantitative estimate of drug-likeness (QED) is 0.186. The first-order valence-electron chi connectivity index (χ1n) is 17.6. The molecule has 1 aliphatic heterocycles. The molecule has 1 spiro atoms. The first-order chi connectivity index (χ1) is 25.8. The first kappa shape index (κ1) is 29.4. The van der Waals surface area contributed by atoms with Crippen molar-refractivity contribution in [3.8, 4) is 45.3 Å². The minimum Gasteiger partial charge on any atom is -0.208 e. The molecule has 0 unspecified atom stereocenters. The number of hydrogen-bond donors (Lipinski definition) is 0. The van der Waals surface area contributed by atoms with Crippen molar-refractivity contribution in [1.29, 1.82) is 0 Å². The highest BCUT2D eigenvalue weighted by molar-refractivity contribution is 7.99. The monoisotopic (exact) mass is 679 g/mol. The van der Waals surface area contributed by atoms with Gasteiger partial charge in [-0.15, -0.1) is 0 Å². The van der Waals surface area contributed by atoms with Crippen molar-refractivity contribution < 1.29 is 0 Å². The van der Waals surface area contributed by atoms with E-state index in [2.05, 4.69) is 158 Å².